The molecule has 0 spiro atoms. The molecule has 1 aromatic rings. The van der Waals surface area contributed by atoms with Gasteiger partial charge in [0.05, 0.1) is 16.9 Å². The topological polar surface area (TPSA) is 90.9 Å². The number of amides is 1. The maximum absolute atomic E-state index is 11.2. The normalized spacial score (nSPS) is 9.41. The summed E-state index contributed by atoms with van der Waals surface area (Å²) in [6.07, 6.45) is 0.379. The molecule has 90 valence electrons. The van der Waals surface area contributed by atoms with Gasteiger partial charge in [0.1, 0.15) is 6.07 Å². The number of hydrogen-bond acceptors (Lipinski definition) is 4. The molecule has 4 N–H and O–H groups in total. The number of benzene rings is 1. The fraction of sp³-hybridized carbons (Fsp3) is 0.333. The molecule has 1 amide bonds. The number of carbonyl (C=O) groups excluding carboxylic acids is 1. The summed E-state index contributed by atoms with van der Waals surface area (Å²) in [5, 5.41) is 14.6. The van der Waals surface area contributed by atoms with Crippen LogP contribution in [0.3, 0.4) is 0 Å². The largest absolute Gasteiger partial charge is 0.396 e. The van der Waals surface area contributed by atoms with Crippen LogP contribution in [-0.4, -0.2) is 19.0 Å². The number of carbonyl (C=O) groups is 1. The number of nitrogens with two attached hydrogens (primary N) is 1. The van der Waals surface area contributed by atoms with Crippen LogP contribution >= 0.6 is 0 Å². The van der Waals surface area contributed by atoms with E-state index in [1.807, 2.05) is 13.0 Å². The molecular weight excluding hydrogens is 216 g/mol. The number of anilines is 2. The van der Waals surface area contributed by atoms with Crippen LogP contribution < -0.4 is 16.4 Å². The maximum Gasteiger partial charge on any atom is 0.221 e. The second-order valence-corrected chi connectivity index (χ2v) is 3.51. The molecule has 0 aliphatic rings. The van der Waals surface area contributed by atoms with Gasteiger partial charge in [-0.25, -0.2) is 0 Å². The number of nitriles is 1. The average molecular weight is 232 g/mol. The molecule has 0 atom stereocenters. The lowest BCUT2D eigenvalue weighted by molar-refractivity contribution is -0.120. The SMILES string of the molecule is CCNC(=O)CCNc1cccc(C#N)c1N. The Kier molecular flexibility index (Phi) is 4.82. The van der Waals surface area contributed by atoms with Gasteiger partial charge in [-0.05, 0) is 19.1 Å². The van der Waals surface area contributed by atoms with Crippen molar-refractivity contribution in [3.8, 4) is 6.07 Å². The van der Waals surface area contributed by atoms with Crippen molar-refractivity contribution in [1.82, 2.24) is 5.32 Å². The highest BCUT2D eigenvalue weighted by Crippen LogP contribution is 2.21. The van der Waals surface area contributed by atoms with Crippen LogP contribution in [-0.2, 0) is 4.79 Å². The molecule has 0 unspecified atom stereocenters. The Labute approximate surface area is 101 Å². The summed E-state index contributed by atoms with van der Waals surface area (Å²) < 4.78 is 0. The van der Waals surface area contributed by atoms with Crippen molar-refractivity contribution in [3.05, 3.63) is 23.8 Å². The highest BCUT2D eigenvalue weighted by molar-refractivity contribution is 5.77. The summed E-state index contributed by atoms with van der Waals surface area (Å²) >= 11 is 0. The zero-order chi connectivity index (χ0) is 12.7. The van der Waals surface area contributed by atoms with Crippen molar-refractivity contribution in [2.24, 2.45) is 0 Å². The van der Waals surface area contributed by atoms with Gasteiger partial charge in [-0.1, -0.05) is 6.07 Å². The first-order valence-corrected chi connectivity index (χ1v) is 5.48. The summed E-state index contributed by atoms with van der Waals surface area (Å²) in [5.41, 5.74) is 7.33. The van der Waals surface area contributed by atoms with Crippen molar-refractivity contribution in [2.75, 3.05) is 24.1 Å². The van der Waals surface area contributed by atoms with E-state index in [2.05, 4.69) is 10.6 Å². The molecule has 5 heteroatoms. The van der Waals surface area contributed by atoms with Gasteiger partial charge in [0.15, 0.2) is 0 Å². The second-order valence-electron chi connectivity index (χ2n) is 3.51. The van der Waals surface area contributed by atoms with Crippen LogP contribution in [0.15, 0.2) is 18.2 Å². The van der Waals surface area contributed by atoms with Crippen molar-refractivity contribution >= 4 is 17.3 Å². The number of para-hydroxylation sites is 1. The summed E-state index contributed by atoms with van der Waals surface area (Å²) in [7, 11) is 0. The van der Waals surface area contributed by atoms with Crippen molar-refractivity contribution < 1.29 is 4.79 Å². The summed E-state index contributed by atoms with van der Waals surface area (Å²) in [4.78, 5) is 11.2. The molecule has 1 rings (SSSR count). The van der Waals surface area contributed by atoms with Crippen LogP contribution in [0.1, 0.15) is 18.9 Å². The number of nitrogens with one attached hydrogen (secondary N) is 2. The van der Waals surface area contributed by atoms with Crippen LogP contribution in [0.25, 0.3) is 0 Å². The Bertz CT molecular complexity index is 437. The minimum absolute atomic E-state index is 0.00462. The van der Waals surface area contributed by atoms with E-state index in [4.69, 9.17) is 11.0 Å². The van der Waals surface area contributed by atoms with Crippen molar-refractivity contribution in [2.45, 2.75) is 13.3 Å². The van der Waals surface area contributed by atoms with E-state index in [-0.39, 0.29) is 5.91 Å². The van der Waals surface area contributed by atoms with Gasteiger partial charge in [-0.2, -0.15) is 5.26 Å². The molecule has 0 radical (unpaired) electrons. The molecule has 17 heavy (non-hydrogen) atoms. The van der Waals surface area contributed by atoms with E-state index in [1.165, 1.54) is 0 Å². The van der Waals surface area contributed by atoms with Gasteiger partial charge in [0.25, 0.3) is 0 Å². The maximum atomic E-state index is 11.2. The van der Waals surface area contributed by atoms with Gasteiger partial charge in [0, 0.05) is 19.5 Å². The highest BCUT2D eigenvalue weighted by atomic mass is 16.1. The zero-order valence-corrected chi connectivity index (χ0v) is 9.79. The van der Waals surface area contributed by atoms with E-state index in [0.29, 0.717) is 36.4 Å². The summed E-state index contributed by atoms with van der Waals surface area (Å²) in [5.74, 6) is -0.00462. The Balaban J connectivity index is 2.53. The predicted molar refractivity (Wildman–Crippen MR) is 67.4 cm³/mol. The van der Waals surface area contributed by atoms with Crippen LogP contribution in [0.2, 0.25) is 0 Å². The first kappa shape index (κ1) is 12.8. The Morgan fingerprint density at radius 1 is 1.53 bits per heavy atom. The number of hydrogen-bond donors (Lipinski definition) is 3. The van der Waals surface area contributed by atoms with Gasteiger partial charge in [-0.15, -0.1) is 0 Å². The summed E-state index contributed by atoms with van der Waals surface area (Å²) in [6.45, 7) is 3.00. The fourth-order valence-electron chi connectivity index (χ4n) is 1.41. The molecular formula is C12H16N4O. The lowest BCUT2D eigenvalue weighted by atomic mass is 10.1. The molecule has 0 aliphatic carbocycles. The fourth-order valence-corrected chi connectivity index (χ4v) is 1.41. The lowest BCUT2D eigenvalue weighted by Gasteiger charge is -2.09. The number of nitrogens with zero attached hydrogens (tertiary/aromatic N) is 1. The van der Waals surface area contributed by atoms with Gasteiger partial charge in [-0.3, -0.25) is 4.79 Å². The predicted octanol–water partition coefficient (Wildman–Crippen LogP) is 1.08. The molecule has 0 fully saturated rings. The molecule has 0 heterocycles. The number of nitrogen functional groups attached to an aromatic ring is 1. The van der Waals surface area contributed by atoms with Gasteiger partial charge >= 0.3 is 0 Å². The standard InChI is InChI=1S/C12H16N4O/c1-2-15-11(17)6-7-16-10-5-3-4-9(8-13)12(10)14/h3-5,16H,2,6-7,14H2,1H3,(H,15,17). The Morgan fingerprint density at radius 2 is 2.29 bits per heavy atom. The first-order chi connectivity index (χ1) is 8.19. The molecule has 0 bridgehead atoms. The van der Waals surface area contributed by atoms with E-state index < -0.39 is 0 Å². The smallest absolute Gasteiger partial charge is 0.221 e. The van der Waals surface area contributed by atoms with Gasteiger partial charge < -0.3 is 16.4 Å². The van der Waals surface area contributed by atoms with Crippen LogP contribution in [0.5, 0.6) is 0 Å². The third-order valence-corrected chi connectivity index (χ3v) is 2.27. The third-order valence-electron chi connectivity index (χ3n) is 2.27. The molecule has 5 nitrogen and oxygen atoms in total. The van der Waals surface area contributed by atoms with E-state index >= 15 is 0 Å². The lowest BCUT2D eigenvalue weighted by Crippen LogP contribution is -2.24. The molecule has 0 aliphatic heterocycles. The first-order valence-electron chi connectivity index (χ1n) is 5.48. The quantitative estimate of drug-likeness (QED) is 0.662. The van der Waals surface area contributed by atoms with E-state index in [1.54, 1.807) is 18.2 Å². The van der Waals surface area contributed by atoms with Crippen LogP contribution in [0, 0.1) is 11.3 Å². The second kappa shape index (κ2) is 6.38. The van der Waals surface area contributed by atoms with E-state index in [0.717, 1.165) is 0 Å². The summed E-state index contributed by atoms with van der Waals surface area (Å²) in [6, 6.07) is 7.21. The monoisotopic (exact) mass is 232 g/mol. The van der Waals surface area contributed by atoms with E-state index in [9.17, 15) is 4.79 Å². The third kappa shape index (κ3) is 3.68. The average Bonchev–Trinajstić information content (AvgIpc) is 2.32. The van der Waals surface area contributed by atoms with Crippen LogP contribution in [0.4, 0.5) is 11.4 Å². The molecule has 0 aromatic heterocycles. The zero-order valence-electron chi connectivity index (χ0n) is 9.79. The minimum Gasteiger partial charge on any atom is -0.396 e. The number of rotatable bonds is 5. The van der Waals surface area contributed by atoms with Crippen molar-refractivity contribution in [1.29, 1.82) is 5.26 Å². The molecule has 0 saturated carbocycles. The highest BCUT2D eigenvalue weighted by Gasteiger charge is 2.04. The van der Waals surface area contributed by atoms with Crippen molar-refractivity contribution in [3.63, 3.8) is 0 Å². The minimum atomic E-state index is -0.00462. The Morgan fingerprint density at radius 3 is 2.94 bits per heavy atom. The molecule has 0 saturated heterocycles. The molecule has 1 aromatic carbocycles. The van der Waals surface area contributed by atoms with Gasteiger partial charge in [0.2, 0.25) is 5.91 Å². The Hall–Kier alpha value is -2.22.